The van der Waals surface area contributed by atoms with Crippen LogP contribution >= 0.6 is 0 Å². The number of non-ortho nitro benzene ring substituents is 1. The molecule has 43 nitrogen and oxygen atoms in total. The van der Waals surface area contributed by atoms with E-state index >= 15 is 0 Å². The molecule has 2 heterocycles. The van der Waals surface area contributed by atoms with Crippen molar-refractivity contribution < 1.29 is 81.6 Å². The van der Waals surface area contributed by atoms with Crippen molar-refractivity contribution >= 4 is 117 Å². The molecule has 0 radical (unpaired) electrons. The number of aliphatic carboxylic acids is 1. The SMILES string of the molecule is COc1ccc2c(CC(=O)N[C@@H](CCCN=C(N)N)C(=O)N3CCC[C@@H]3C(=O)N[C@@H](CC(C)C)C(=O)NCC(=O)N[C@@H](CC(C)C)C(=O)N[C@H](CNc3ccc([N+](=O)[O-])cc3[N+](=O)[O-])C(=O)N[C@@H](C)C(=O)N[C@H](CCCN=C(N)N)C(=O)N[C@@H](CCC(=O)O)C(=O)N[C@H](CCCN=C(N)N)C(N)=O)cc(=O)oc2c1. The Labute approximate surface area is 624 Å². The molecule has 11 amide bonds. The van der Waals surface area contributed by atoms with Crippen LogP contribution in [0.2, 0.25) is 0 Å². The zero-order chi connectivity index (χ0) is 81.4. The van der Waals surface area contributed by atoms with E-state index in [-0.39, 0.29) is 131 Å². The van der Waals surface area contributed by atoms with E-state index in [1.165, 1.54) is 18.1 Å². The average Bonchev–Trinajstić information content (AvgIpc) is 1.80. The van der Waals surface area contributed by atoms with Crippen LogP contribution in [0.1, 0.15) is 117 Å². The van der Waals surface area contributed by atoms with Crippen LogP contribution in [0.3, 0.4) is 0 Å². The number of guanidine groups is 3. The summed E-state index contributed by atoms with van der Waals surface area (Å²) in [6, 6.07) is -4.95. The lowest BCUT2D eigenvalue weighted by atomic mass is 10.0. The van der Waals surface area contributed by atoms with Crippen LogP contribution in [0.4, 0.5) is 17.1 Å². The third kappa shape index (κ3) is 30.5. The van der Waals surface area contributed by atoms with Gasteiger partial charge >= 0.3 is 11.6 Å². The first-order valence-electron chi connectivity index (χ1n) is 34.8. The maximum atomic E-state index is 14.5. The highest BCUT2D eigenvalue weighted by Gasteiger charge is 2.40. The first-order valence-corrected chi connectivity index (χ1v) is 34.8. The Hall–Kier alpha value is -12.5. The molecule has 0 bridgehead atoms. The van der Waals surface area contributed by atoms with Gasteiger partial charge < -0.3 is 112 Å². The van der Waals surface area contributed by atoms with Gasteiger partial charge in [-0.3, -0.25) is 92.7 Å². The molecular weight excluding hydrogens is 1430 g/mol. The minimum atomic E-state index is -1.85. The number of anilines is 1. The molecule has 9 atom stereocenters. The topological polar surface area (TPSA) is 694 Å². The van der Waals surface area contributed by atoms with Gasteiger partial charge in [-0.2, -0.15) is 0 Å². The molecule has 3 aromatic rings. The Kier molecular flexibility index (Phi) is 35.7. The number of nitrogens with two attached hydrogens (primary N) is 7. The van der Waals surface area contributed by atoms with Gasteiger partial charge in [0.05, 0.1) is 36.0 Å². The highest BCUT2D eigenvalue weighted by molar-refractivity contribution is 5.99. The number of rotatable bonds is 46. The lowest BCUT2D eigenvalue weighted by Gasteiger charge is -2.30. The number of nitro groups is 2. The molecule has 0 unspecified atom stereocenters. The number of primary amides is 1. The number of hydrogen-bond acceptors (Lipinski definition) is 23. The second-order valence-electron chi connectivity index (χ2n) is 26.4. The van der Waals surface area contributed by atoms with Crippen molar-refractivity contribution in [3.05, 3.63) is 78.7 Å². The number of ether oxygens (including phenoxy) is 1. The minimum Gasteiger partial charge on any atom is -0.497 e. The molecule has 1 aliphatic rings. The summed E-state index contributed by atoms with van der Waals surface area (Å²) in [7, 11) is 1.43. The number of benzene rings is 2. The fourth-order valence-corrected chi connectivity index (χ4v) is 11.3. The Bertz CT molecular complexity index is 3930. The van der Waals surface area contributed by atoms with E-state index in [4.69, 9.17) is 49.3 Å². The molecule has 1 saturated heterocycles. The summed E-state index contributed by atoms with van der Waals surface area (Å²) in [4.78, 5) is 213. The van der Waals surface area contributed by atoms with Crippen LogP contribution in [0.25, 0.3) is 11.0 Å². The molecular formula is C66H99N23O20. The van der Waals surface area contributed by atoms with E-state index in [0.717, 1.165) is 25.1 Å². The van der Waals surface area contributed by atoms with Crippen LogP contribution in [0.15, 0.2) is 66.7 Å². The third-order valence-electron chi connectivity index (χ3n) is 16.7. The zero-order valence-electron chi connectivity index (χ0n) is 61.3. The van der Waals surface area contributed by atoms with E-state index in [1.54, 1.807) is 39.8 Å². The molecule has 109 heavy (non-hydrogen) atoms. The van der Waals surface area contributed by atoms with E-state index in [0.29, 0.717) is 29.2 Å². The number of carbonyl (C=O) groups is 12. The van der Waals surface area contributed by atoms with Gasteiger partial charge in [0.15, 0.2) is 17.9 Å². The van der Waals surface area contributed by atoms with Crippen molar-refractivity contribution in [1.29, 1.82) is 0 Å². The van der Waals surface area contributed by atoms with Crippen molar-refractivity contribution in [2.45, 2.75) is 172 Å². The Morgan fingerprint density at radius 3 is 1.68 bits per heavy atom. The lowest BCUT2D eigenvalue weighted by Crippen LogP contribution is -2.60. The van der Waals surface area contributed by atoms with Crippen molar-refractivity contribution in [2.24, 2.45) is 66.9 Å². The third-order valence-corrected chi connectivity index (χ3v) is 16.7. The normalized spacial score (nSPS) is 14.6. The van der Waals surface area contributed by atoms with E-state index < -0.39 is 178 Å². The molecule has 1 aliphatic heterocycles. The summed E-state index contributed by atoms with van der Waals surface area (Å²) in [6.45, 7) is 6.52. The minimum absolute atomic E-state index is 0.00815. The lowest BCUT2D eigenvalue weighted by molar-refractivity contribution is -0.393. The van der Waals surface area contributed by atoms with Crippen molar-refractivity contribution in [1.82, 2.24) is 52.8 Å². The number of nitrogens with one attached hydrogen (secondary N) is 10. The predicted molar refractivity (Wildman–Crippen MR) is 395 cm³/mol. The van der Waals surface area contributed by atoms with E-state index in [9.17, 15) is 87.7 Å². The fourth-order valence-electron chi connectivity index (χ4n) is 11.3. The monoisotopic (exact) mass is 1530 g/mol. The Morgan fingerprint density at radius 2 is 1.13 bits per heavy atom. The van der Waals surface area contributed by atoms with Crippen LogP contribution in [-0.2, 0) is 64.0 Å². The number of carbonyl (C=O) groups excluding carboxylic acids is 11. The fraction of sp³-hybridized carbons (Fsp3) is 0.545. The molecule has 598 valence electrons. The second kappa shape index (κ2) is 43.8. The average molecular weight is 1530 g/mol. The zero-order valence-corrected chi connectivity index (χ0v) is 61.3. The summed E-state index contributed by atoms with van der Waals surface area (Å²) in [5.41, 5.74) is 36.1. The highest BCUT2D eigenvalue weighted by Crippen LogP contribution is 2.30. The number of amides is 11. The summed E-state index contributed by atoms with van der Waals surface area (Å²) >= 11 is 0. The summed E-state index contributed by atoms with van der Waals surface area (Å²) in [5.74, 6) is -12.7. The van der Waals surface area contributed by atoms with Crippen LogP contribution in [-0.4, -0.2) is 209 Å². The smallest absolute Gasteiger partial charge is 0.336 e. The molecule has 1 fully saturated rings. The van der Waals surface area contributed by atoms with Gasteiger partial charge in [0.1, 0.15) is 71.4 Å². The van der Waals surface area contributed by atoms with Gasteiger partial charge in [0, 0.05) is 62.7 Å². The molecule has 2 aromatic carbocycles. The summed E-state index contributed by atoms with van der Waals surface area (Å²) in [6.07, 6.45) is -1.23. The number of carboxylic acids is 1. The molecule has 4 rings (SSSR count). The van der Waals surface area contributed by atoms with E-state index in [2.05, 4.69) is 68.1 Å². The van der Waals surface area contributed by atoms with Gasteiger partial charge in [-0.25, -0.2) is 4.79 Å². The first kappa shape index (κ1) is 88.9. The quantitative estimate of drug-likeness (QED) is 0.00638. The number of methoxy groups -OCH3 is 1. The molecule has 1 aromatic heterocycles. The second-order valence-corrected chi connectivity index (χ2v) is 26.4. The van der Waals surface area contributed by atoms with Gasteiger partial charge in [0.25, 0.3) is 11.4 Å². The molecule has 25 N–H and O–H groups in total. The van der Waals surface area contributed by atoms with E-state index in [1.807, 2.05) is 0 Å². The van der Waals surface area contributed by atoms with Gasteiger partial charge in [-0.15, -0.1) is 0 Å². The van der Waals surface area contributed by atoms with Gasteiger partial charge in [-0.05, 0) is 113 Å². The first-order chi connectivity index (χ1) is 51.4. The standard InChI is InChI=1S/C66H99N23O20/c1-33(2)25-45(85-62(102)48-14-10-24-87(48)63(103)44(13-9-23-76-66(72)73)80-51(90)27-36-28-54(94)109-50-30-38(108-6)16-17-39(36)50)57(97)78-32-52(91)81-46(26-34(3)4)60(100)86-47(31-77-40-18-15-37(88(104)105)29-49(40)89(106)107)61(101)79-35(5)56(96)83-42(12-8-22-75-65(70)71)58(98)84-43(19-20-53(92)93)59(99)82-41(55(67)95)11-7-21-74-64(68)69/h15-18,28-30,33-35,41-48,77H,7-14,19-27,31-32H2,1-6H3,(H2,67,95)(H,78,97)(H,79,101)(H,80,90)(H,81,91)(H,82,99)(H,83,96)(H,84,98)(H,85,102)(H,86,100)(H,92,93)(H4,68,69,74)(H4,70,71,75)(H4,72,73,76)/t35-,41+,42+,43-,44-,45-,46-,47+,48+/m0/s1. The number of likely N-dealkylation sites (tertiary alicyclic amines) is 1. The van der Waals surface area contributed by atoms with Gasteiger partial charge in [0.2, 0.25) is 65.0 Å². The van der Waals surface area contributed by atoms with Crippen molar-refractivity contribution in [3.8, 4) is 5.75 Å². The maximum absolute atomic E-state index is 14.5. The number of fused-ring (bicyclic) bond motifs is 1. The summed E-state index contributed by atoms with van der Waals surface area (Å²) < 4.78 is 10.6. The number of nitrogens with zero attached hydrogens (tertiary/aromatic N) is 6. The maximum Gasteiger partial charge on any atom is 0.336 e. The molecule has 0 saturated carbocycles. The Morgan fingerprint density at radius 1 is 0.606 bits per heavy atom. The van der Waals surface area contributed by atoms with Crippen molar-refractivity contribution in [2.75, 3.05) is 51.7 Å². The molecule has 0 spiro atoms. The number of carboxylic acid groups (broad SMARTS) is 1. The molecule has 43 heteroatoms. The summed E-state index contributed by atoms with van der Waals surface area (Å²) in [5, 5.41) is 58.9. The van der Waals surface area contributed by atoms with Crippen LogP contribution < -0.4 is 104 Å². The molecule has 0 aliphatic carbocycles. The highest BCUT2D eigenvalue weighted by atomic mass is 16.6. The van der Waals surface area contributed by atoms with Crippen molar-refractivity contribution in [3.63, 3.8) is 0 Å². The van der Waals surface area contributed by atoms with Crippen LogP contribution in [0.5, 0.6) is 5.75 Å². The number of nitro benzene ring substituents is 2. The number of aliphatic imine (C=N–C) groups is 3. The van der Waals surface area contributed by atoms with Crippen LogP contribution in [0, 0.1) is 32.1 Å². The largest absolute Gasteiger partial charge is 0.497 e. The Balaban J connectivity index is 1.57. The van der Waals surface area contributed by atoms with Gasteiger partial charge in [-0.1, -0.05) is 27.7 Å². The number of hydrogen-bond donors (Lipinski definition) is 18. The predicted octanol–water partition coefficient (Wildman–Crippen LogP) is -4.12.